The second kappa shape index (κ2) is 4.22. The minimum absolute atomic E-state index is 0.318. The lowest BCUT2D eigenvalue weighted by Crippen LogP contribution is -2.41. The number of halogens is 1. The first kappa shape index (κ1) is 11.1. The summed E-state index contributed by atoms with van der Waals surface area (Å²) in [6.07, 6.45) is 3.30. The van der Waals surface area contributed by atoms with Gasteiger partial charge in [0.05, 0.1) is 5.41 Å². The number of benzene rings is 1. The monoisotopic (exact) mass is 223 g/mol. The summed E-state index contributed by atoms with van der Waals surface area (Å²) in [5, 5.41) is 8.80. The van der Waals surface area contributed by atoms with Gasteiger partial charge in [0, 0.05) is 0 Å². The van der Waals surface area contributed by atoms with Gasteiger partial charge in [-0.15, -0.1) is 0 Å². The number of hydrogen-bond donors (Lipinski definition) is 2. The molecule has 1 aliphatic carbocycles. The maximum Gasteiger partial charge on any atom is 0.253 e. The van der Waals surface area contributed by atoms with Crippen molar-refractivity contribution in [2.75, 3.05) is 0 Å². The molecular formula is C12H14FNO2. The van der Waals surface area contributed by atoms with Gasteiger partial charge in [-0.1, -0.05) is 25.0 Å². The van der Waals surface area contributed by atoms with Crippen molar-refractivity contribution >= 4 is 5.91 Å². The van der Waals surface area contributed by atoms with Crippen molar-refractivity contribution in [3.63, 3.8) is 0 Å². The molecule has 4 heteroatoms. The van der Waals surface area contributed by atoms with Crippen LogP contribution in [0.5, 0.6) is 0 Å². The second-order valence-corrected chi connectivity index (χ2v) is 4.24. The molecule has 1 saturated carbocycles. The summed E-state index contributed by atoms with van der Waals surface area (Å²) >= 11 is 0. The fraction of sp³-hybridized carbons (Fsp3) is 0.417. The van der Waals surface area contributed by atoms with Crippen LogP contribution in [0.15, 0.2) is 24.3 Å². The number of hydrogen-bond acceptors (Lipinski definition) is 2. The highest BCUT2D eigenvalue weighted by atomic mass is 19.1. The van der Waals surface area contributed by atoms with Gasteiger partial charge in [0.1, 0.15) is 5.82 Å². The zero-order chi connectivity index (χ0) is 11.6. The molecule has 0 unspecified atom stereocenters. The molecule has 1 amide bonds. The van der Waals surface area contributed by atoms with E-state index in [0.29, 0.717) is 12.8 Å². The van der Waals surface area contributed by atoms with Gasteiger partial charge in [-0.25, -0.2) is 9.87 Å². The van der Waals surface area contributed by atoms with Crippen LogP contribution in [-0.2, 0) is 10.2 Å². The van der Waals surface area contributed by atoms with E-state index >= 15 is 0 Å². The van der Waals surface area contributed by atoms with Gasteiger partial charge in [-0.05, 0) is 30.5 Å². The molecule has 0 heterocycles. The topological polar surface area (TPSA) is 49.3 Å². The third-order valence-electron chi connectivity index (χ3n) is 3.39. The van der Waals surface area contributed by atoms with E-state index in [1.165, 1.54) is 12.1 Å². The van der Waals surface area contributed by atoms with Crippen LogP contribution >= 0.6 is 0 Å². The predicted octanol–water partition coefficient (Wildman–Crippen LogP) is 2.14. The number of amides is 1. The maximum atomic E-state index is 12.8. The average Bonchev–Trinajstić information content (AvgIpc) is 2.79. The van der Waals surface area contributed by atoms with Crippen LogP contribution in [0.25, 0.3) is 0 Å². The normalized spacial score (nSPS) is 18.4. The highest BCUT2D eigenvalue weighted by Gasteiger charge is 2.42. The van der Waals surface area contributed by atoms with Crippen molar-refractivity contribution in [1.82, 2.24) is 5.48 Å². The average molecular weight is 223 g/mol. The SMILES string of the molecule is O=C(NO)C1(c2ccc(F)cc2)CCCC1. The molecule has 1 aliphatic rings. The van der Waals surface area contributed by atoms with Gasteiger partial charge in [-0.3, -0.25) is 10.0 Å². The van der Waals surface area contributed by atoms with Gasteiger partial charge >= 0.3 is 0 Å². The van der Waals surface area contributed by atoms with Crippen molar-refractivity contribution in [2.45, 2.75) is 31.1 Å². The van der Waals surface area contributed by atoms with E-state index in [1.807, 2.05) is 0 Å². The molecular weight excluding hydrogens is 209 g/mol. The van der Waals surface area contributed by atoms with Gasteiger partial charge in [0.15, 0.2) is 0 Å². The van der Waals surface area contributed by atoms with Crippen LogP contribution in [0.3, 0.4) is 0 Å². The number of rotatable bonds is 2. The van der Waals surface area contributed by atoms with E-state index in [9.17, 15) is 9.18 Å². The lowest BCUT2D eigenvalue weighted by atomic mass is 9.78. The third kappa shape index (κ3) is 1.69. The Kier molecular flexibility index (Phi) is 2.92. The van der Waals surface area contributed by atoms with E-state index in [4.69, 9.17) is 5.21 Å². The van der Waals surface area contributed by atoms with E-state index in [2.05, 4.69) is 0 Å². The third-order valence-corrected chi connectivity index (χ3v) is 3.39. The van der Waals surface area contributed by atoms with E-state index in [0.717, 1.165) is 18.4 Å². The van der Waals surface area contributed by atoms with E-state index in [-0.39, 0.29) is 5.82 Å². The Bertz CT molecular complexity index is 383. The Morgan fingerprint density at radius 2 is 1.81 bits per heavy atom. The number of nitrogens with one attached hydrogen (secondary N) is 1. The van der Waals surface area contributed by atoms with E-state index in [1.54, 1.807) is 17.6 Å². The molecule has 0 bridgehead atoms. The zero-order valence-electron chi connectivity index (χ0n) is 8.87. The highest BCUT2D eigenvalue weighted by Crippen LogP contribution is 2.41. The molecule has 2 rings (SSSR count). The highest BCUT2D eigenvalue weighted by molar-refractivity contribution is 5.87. The van der Waals surface area contributed by atoms with Crippen LogP contribution in [0.2, 0.25) is 0 Å². The Morgan fingerprint density at radius 3 is 2.31 bits per heavy atom. The fourth-order valence-corrected chi connectivity index (χ4v) is 2.50. The van der Waals surface area contributed by atoms with Crippen LogP contribution in [0, 0.1) is 5.82 Å². The first-order valence-corrected chi connectivity index (χ1v) is 5.40. The maximum absolute atomic E-state index is 12.8. The predicted molar refractivity (Wildman–Crippen MR) is 56.5 cm³/mol. The summed E-state index contributed by atoms with van der Waals surface area (Å²) in [7, 11) is 0. The molecule has 2 N–H and O–H groups in total. The molecule has 0 atom stereocenters. The molecule has 16 heavy (non-hydrogen) atoms. The second-order valence-electron chi connectivity index (χ2n) is 4.24. The molecule has 86 valence electrons. The smallest absolute Gasteiger partial charge is 0.253 e. The Balaban J connectivity index is 2.39. The minimum atomic E-state index is -0.678. The van der Waals surface area contributed by atoms with Crippen molar-refractivity contribution in [1.29, 1.82) is 0 Å². The van der Waals surface area contributed by atoms with Gasteiger partial charge in [0.2, 0.25) is 0 Å². The fourth-order valence-electron chi connectivity index (χ4n) is 2.50. The van der Waals surface area contributed by atoms with Crippen molar-refractivity contribution in [3.8, 4) is 0 Å². The Morgan fingerprint density at radius 1 is 1.25 bits per heavy atom. The van der Waals surface area contributed by atoms with Crippen molar-refractivity contribution < 1.29 is 14.4 Å². The standard InChI is InChI=1S/C12H14FNO2/c13-10-5-3-9(4-6-10)12(11(15)14-16)7-1-2-8-12/h3-6,16H,1-2,7-8H2,(H,14,15). The molecule has 1 aromatic rings. The molecule has 0 aromatic heterocycles. The van der Waals surface area contributed by atoms with Crippen molar-refractivity contribution in [3.05, 3.63) is 35.6 Å². The number of carbonyl (C=O) groups is 1. The first-order valence-electron chi connectivity index (χ1n) is 5.40. The largest absolute Gasteiger partial charge is 0.289 e. The molecule has 0 spiro atoms. The van der Waals surface area contributed by atoms with Gasteiger partial charge < -0.3 is 0 Å². The Labute approximate surface area is 93.2 Å². The zero-order valence-corrected chi connectivity index (χ0v) is 8.87. The van der Waals surface area contributed by atoms with Crippen LogP contribution < -0.4 is 5.48 Å². The lowest BCUT2D eigenvalue weighted by Gasteiger charge is -2.26. The summed E-state index contributed by atoms with van der Waals surface area (Å²) < 4.78 is 12.8. The summed E-state index contributed by atoms with van der Waals surface area (Å²) in [5.41, 5.74) is 1.83. The first-order chi connectivity index (χ1) is 7.69. The molecule has 3 nitrogen and oxygen atoms in total. The summed E-state index contributed by atoms with van der Waals surface area (Å²) in [6.45, 7) is 0. The molecule has 1 aromatic carbocycles. The molecule has 1 fully saturated rings. The minimum Gasteiger partial charge on any atom is -0.289 e. The van der Waals surface area contributed by atoms with E-state index < -0.39 is 11.3 Å². The van der Waals surface area contributed by atoms with Crippen molar-refractivity contribution in [2.24, 2.45) is 0 Å². The van der Waals surface area contributed by atoms with Gasteiger partial charge in [-0.2, -0.15) is 0 Å². The molecule has 0 saturated heterocycles. The quantitative estimate of drug-likeness (QED) is 0.596. The summed E-state index contributed by atoms with van der Waals surface area (Å²) in [6, 6.07) is 5.94. The molecule has 0 aliphatic heterocycles. The Hall–Kier alpha value is -1.42. The lowest BCUT2D eigenvalue weighted by molar-refractivity contribution is -0.135. The summed E-state index contributed by atoms with van der Waals surface area (Å²) in [5.74, 6) is -0.710. The van der Waals surface area contributed by atoms with Crippen LogP contribution in [0.4, 0.5) is 4.39 Å². The van der Waals surface area contributed by atoms with Crippen LogP contribution in [0.1, 0.15) is 31.2 Å². The molecule has 0 radical (unpaired) electrons. The van der Waals surface area contributed by atoms with Crippen LogP contribution in [-0.4, -0.2) is 11.1 Å². The number of hydroxylamine groups is 1. The number of carbonyl (C=O) groups excluding carboxylic acids is 1. The van der Waals surface area contributed by atoms with Gasteiger partial charge in [0.25, 0.3) is 5.91 Å². The summed E-state index contributed by atoms with van der Waals surface area (Å²) in [4.78, 5) is 11.8.